The molecule has 1 aromatic heterocycles. The zero-order valence-electron chi connectivity index (χ0n) is 12.2. The van der Waals surface area contributed by atoms with Crippen LogP contribution in [0.3, 0.4) is 0 Å². The number of nitrogens with one attached hydrogen (secondary N) is 2. The third-order valence-electron chi connectivity index (χ3n) is 3.12. The van der Waals surface area contributed by atoms with E-state index >= 15 is 0 Å². The summed E-state index contributed by atoms with van der Waals surface area (Å²) in [6.07, 6.45) is 0.980. The van der Waals surface area contributed by atoms with Crippen LogP contribution in [0.25, 0.3) is 0 Å². The van der Waals surface area contributed by atoms with Gasteiger partial charge in [-0.05, 0) is 42.5 Å². The molecule has 2 rings (SSSR count). The second kappa shape index (κ2) is 7.73. The van der Waals surface area contributed by atoms with E-state index in [1.54, 1.807) is 11.3 Å². The van der Waals surface area contributed by atoms with Crippen LogP contribution in [0.4, 0.5) is 5.69 Å². The van der Waals surface area contributed by atoms with Crippen molar-refractivity contribution in [2.45, 2.75) is 32.9 Å². The first-order valence-corrected chi connectivity index (χ1v) is 8.53. The zero-order chi connectivity index (χ0) is 15.2. The second-order valence-corrected chi connectivity index (χ2v) is 6.97. The maximum Gasteiger partial charge on any atom is 0.221 e. The van der Waals surface area contributed by atoms with Gasteiger partial charge in [0.2, 0.25) is 5.91 Å². The third kappa shape index (κ3) is 5.26. The van der Waals surface area contributed by atoms with Crippen molar-refractivity contribution in [1.29, 1.82) is 0 Å². The molecular weight excluding hydrogens is 348 g/mol. The smallest absolute Gasteiger partial charge is 0.221 e. The van der Waals surface area contributed by atoms with Crippen LogP contribution < -0.4 is 10.6 Å². The van der Waals surface area contributed by atoms with Gasteiger partial charge in [0.1, 0.15) is 0 Å². The Balaban J connectivity index is 1.86. The van der Waals surface area contributed by atoms with Crippen LogP contribution in [0, 0.1) is 0 Å². The van der Waals surface area contributed by atoms with E-state index in [2.05, 4.69) is 57.8 Å². The first-order chi connectivity index (χ1) is 10.0. The molecule has 0 aliphatic heterocycles. The Bertz CT molecular complexity index is 595. The van der Waals surface area contributed by atoms with Crippen LogP contribution >= 0.6 is 27.3 Å². The summed E-state index contributed by atoms with van der Waals surface area (Å²) in [5.41, 5.74) is 2.22. The Morgan fingerprint density at radius 2 is 2.00 bits per heavy atom. The summed E-state index contributed by atoms with van der Waals surface area (Å²) in [6.45, 7) is 4.48. The molecule has 0 saturated carbocycles. The van der Waals surface area contributed by atoms with Crippen molar-refractivity contribution in [3.8, 4) is 0 Å². The van der Waals surface area contributed by atoms with Gasteiger partial charge in [-0.3, -0.25) is 4.79 Å². The zero-order valence-corrected chi connectivity index (χ0v) is 14.6. The lowest BCUT2D eigenvalue weighted by Crippen LogP contribution is -2.27. The van der Waals surface area contributed by atoms with Crippen LogP contribution in [-0.2, 0) is 17.8 Å². The molecule has 1 unspecified atom stereocenters. The Labute approximate surface area is 137 Å². The summed E-state index contributed by atoms with van der Waals surface area (Å²) < 4.78 is 1.10. The van der Waals surface area contributed by atoms with Gasteiger partial charge in [-0.2, -0.15) is 0 Å². The van der Waals surface area contributed by atoms with Gasteiger partial charge in [-0.15, -0.1) is 11.3 Å². The maximum atomic E-state index is 11.1. The van der Waals surface area contributed by atoms with Crippen LogP contribution in [0.15, 0.2) is 40.2 Å². The van der Waals surface area contributed by atoms with Crippen LogP contribution in [0.5, 0.6) is 0 Å². The number of hydrogen-bond donors (Lipinski definition) is 2. The van der Waals surface area contributed by atoms with Crippen molar-refractivity contribution < 1.29 is 4.79 Å². The fourth-order valence-electron chi connectivity index (χ4n) is 2.09. The molecule has 21 heavy (non-hydrogen) atoms. The number of halogens is 1. The number of benzene rings is 1. The van der Waals surface area contributed by atoms with E-state index in [0.29, 0.717) is 6.04 Å². The Morgan fingerprint density at radius 1 is 1.29 bits per heavy atom. The van der Waals surface area contributed by atoms with Crippen molar-refractivity contribution in [3.05, 3.63) is 50.6 Å². The minimum atomic E-state index is -0.0300. The van der Waals surface area contributed by atoms with Gasteiger partial charge >= 0.3 is 0 Å². The molecule has 0 radical (unpaired) electrons. The summed E-state index contributed by atoms with van der Waals surface area (Å²) in [6, 6.07) is 10.7. The lowest BCUT2D eigenvalue weighted by atomic mass is 10.1. The predicted octanol–water partition coefficient (Wildman–Crippen LogP) is 4.19. The topological polar surface area (TPSA) is 41.1 Å². The molecular formula is C16H19BrN2OS. The average molecular weight is 367 g/mol. The van der Waals surface area contributed by atoms with Crippen molar-refractivity contribution >= 4 is 38.9 Å². The molecule has 0 saturated heterocycles. The van der Waals surface area contributed by atoms with Crippen molar-refractivity contribution in [2.75, 3.05) is 5.32 Å². The van der Waals surface area contributed by atoms with E-state index < -0.39 is 0 Å². The number of carbonyl (C=O) groups excluding carboxylic acids is 1. The van der Waals surface area contributed by atoms with Gasteiger partial charge in [-0.1, -0.05) is 28.1 Å². The van der Waals surface area contributed by atoms with Gasteiger partial charge in [0.15, 0.2) is 0 Å². The molecule has 0 aliphatic carbocycles. The van der Waals surface area contributed by atoms with Gasteiger partial charge in [0.05, 0.1) is 5.69 Å². The van der Waals surface area contributed by atoms with E-state index in [4.69, 9.17) is 0 Å². The molecule has 0 fully saturated rings. The number of hydrogen-bond acceptors (Lipinski definition) is 3. The van der Waals surface area contributed by atoms with E-state index in [1.807, 2.05) is 11.4 Å². The summed E-state index contributed by atoms with van der Waals surface area (Å²) in [5, 5.41) is 8.37. The normalized spacial score (nSPS) is 12.1. The van der Waals surface area contributed by atoms with Crippen molar-refractivity contribution in [2.24, 2.45) is 0 Å². The van der Waals surface area contributed by atoms with E-state index in [0.717, 1.165) is 28.0 Å². The largest absolute Gasteiger partial charge is 0.325 e. The third-order valence-corrected chi connectivity index (χ3v) is 4.57. The summed E-state index contributed by atoms with van der Waals surface area (Å²) in [7, 11) is 0. The summed E-state index contributed by atoms with van der Waals surface area (Å²) >= 11 is 5.11. The fourth-order valence-corrected chi connectivity index (χ4v) is 3.14. The highest BCUT2D eigenvalue weighted by atomic mass is 79.9. The van der Waals surface area contributed by atoms with Gasteiger partial charge in [0, 0.05) is 28.9 Å². The highest BCUT2D eigenvalue weighted by Gasteiger charge is 2.08. The van der Waals surface area contributed by atoms with Crippen LogP contribution in [0.2, 0.25) is 0 Å². The van der Waals surface area contributed by atoms with Gasteiger partial charge in [0.25, 0.3) is 0 Å². The molecule has 0 bridgehead atoms. The molecule has 0 aliphatic rings. The standard InChI is InChI=1S/C16H19BrN2OS/c1-11(9-13-3-5-14(17)6-4-13)18-10-16-15(7-8-21-16)19-12(2)20/h3-8,11,18H,9-10H2,1-2H3,(H,19,20). The first-order valence-electron chi connectivity index (χ1n) is 6.86. The van der Waals surface area contributed by atoms with Crippen molar-refractivity contribution in [1.82, 2.24) is 5.32 Å². The molecule has 2 aromatic rings. The lowest BCUT2D eigenvalue weighted by Gasteiger charge is -2.14. The van der Waals surface area contributed by atoms with Gasteiger partial charge < -0.3 is 10.6 Å². The van der Waals surface area contributed by atoms with E-state index in [-0.39, 0.29) is 5.91 Å². The lowest BCUT2D eigenvalue weighted by molar-refractivity contribution is -0.114. The summed E-state index contributed by atoms with van der Waals surface area (Å²) in [5.74, 6) is -0.0300. The van der Waals surface area contributed by atoms with Crippen LogP contribution in [0.1, 0.15) is 24.3 Å². The number of carbonyl (C=O) groups is 1. The molecule has 112 valence electrons. The quantitative estimate of drug-likeness (QED) is 0.804. The maximum absolute atomic E-state index is 11.1. The molecule has 1 heterocycles. The molecule has 5 heteroatoms. The molecule has 2 N–H and O–H groups in total. The predicted molar refractivity (Wildman–Crippen MR) is 92.8 cm³/mol. The molecule has 3 nitrogen and oxygen atoms in total. The minimum absolute atomic E-state index is 0.0300. The van der Waals surface area contributed by atoms with E-state index in [1.165, 1.54) is 12.5 Å². The Morgan fingerprint density at radius 3 is 2.67 bits per heavy atom. The number of amides is 1. The highest BCUT2D eigenvalue weighted by Crippen LogP contribution is 2.22. The Hall–Kier alpha value is -1.17. The van der Waals surface area contributed by atoms with Gasteiger partial charge in [-0.25, -0.2) is 0 Å². The molecule has 1 aromatic carbocycles. The minimum Gasteiger partial charge on any atom is -0.325 e. The number of rotatable bonds is 6. The molecule has 1 atom stereocenters. The second-order valence-electron chi connectivity index (χ2n) is 5.05. The number of anilines is 1. The monoisotopic (exact) mass is 366 g/mol. The van der Waals surface area contributed by atoms with E-state index in [9.17, 15) is 4.79 Å². The SMILES string of the molecule is CC(=O)Nc1ccsc1CNC(C)Cc1ccc(Br)cc1. The number of thiophene rings is 1. The summed E-state index contributed by atoms with van der Waals surface area (Å²) in [4.78, 5) is 12.3. The van der Waals surface area contributed by atoms with Crippen molar-refractivity contribution in [3.63, 3.8) is 0 Å². The van der Waals surface area contributed by atoms with Crippen LogP contribution in [-0.4, -0.2) is 11.9 Å². The molecule has 0 spiro atoms. The first kappa shape index (κ1) is 16.2. The fraction of sp³-hybridized carbons (Fsp3) is 0.312. The average Bonchev–Trinajstić information content (AvgIpc) is 2.85. The molecule has 1 amide bonds. The Kier molecular flexibility index (Phi) is 5.96. The highest BCUT2D eigenvalue weighted by molar-refractivity contribution is 9.10.